The second kappa shape index (κ2) is 5.27. The average molecular weight is 261 g/mol. The number of hydrogen-bond donors (Lipinski definition) is 0. The van der Waals surface area contributed by atoms with Gasteiger partial charge in [0.25, 0.3) is 5.69 Å². The first-order chi connectivity index (χ1) is 9.25. The van der Waals surface area contributed by atoms with Crippen LogP contribution in [0.4, 0.5) is 5.69 Å². The van der Waals surface area contributed by atoms with E-state index in [1.54, 1.807) is 12.1 Å². The predicted octanol–water partition coefficient (Wildman–Crippen LogP) is 2.22. The third kappa shape index (κ3) is 2.48. The van der Waals surface area contributed by atoms with Crippen LogP contribution in [0.2, 0.25) is 0 Å². The fourth-order valence-corrected chi connectivity index (χ4v) is 3.33. The molecule has 102 valence electrons. The van der Waals surface area contributed by atoms with Crippen LogP contribution < -0.4 is 0 Å². The Morgan fingerprint density at radius 1 is 1.21 bits per heavy atom. The molecule has 1 unspecified atom stereocenters. The van der Waals surface area contributed by atoms with Gasteiger partial charge in [-0.3, -0.25) is 19.9 Å². The van der Waals surface area contributed by atoms with Crippen molar-refractivity contribution in [3.05, 3.63) is 39.9 Å². The Morgan fingerprint density at radius 3 is 2.84 bits per heavy atom. The molecule has 5 nitrogen and oxygen atoms in total. The number of rotatable bonds is 3. The Kier molecular flexibility index (Phi) is 3.48. The van der Waals surface area contributed by atoms with Crippen molar-refractivity contribution in [3.63, 3.8) is 0 Å². The first-order valence-corrected chi connectivity index (χ1v) is 6.96. The molecule has 1 atom stereocenters. The highest BCUT2D eigenvalue weighted by Crippen LogP contribution is 2.28. The number of hydrogen-bond acceptors (Lipinski definition) is 4. The maximum atomic E-state index is 11.1. The zero-order valence-corrected chi connectivity index (χ0v) is 11.0. The molecular weight excluding hydrogens is 242 g/mol. The quantitative estimate of drug-likeness (QED) is 0.618. The molecule has 5 heteroatoms. The van der Waals surface area contributed by atoms with E-state index in [0.717, 1.165) is 18.5 Å². The van der Waals surface area contributed by atoms with Crippen molar-refractivity contribution >= 4 is 5.69 Å². The molecule has 0 aromatic heterocycles. The van der Waals surface area contributed by atoms with Crippen molar-refractivity contribution in [2.24, 2.45) is 0 Å². The summed E-state index contributed by atoms with van der Waals surface area (Å²) >= 11 is 0. The number of nitro groups is 1. The first-order valence-electron chi connectivity index (χ1n) is 6.96. The maximum Gasteiger partial charge on any atom is 0.273 e. The zero-order chi connectivity index (χ0) is 13.2. The van der Waals surface area contributed by atoms with Gasteiger partial charge >= 0.3 is 0 Å². The zero-order valence-electron chi connectivity index (χ0n) is 11.0. The van der Waals surface area contributed by atoms with Gasteiger partial charge in [-0.2, -0.15) is 0 Å². The van der Waals surface area contributed by atoms with Gasteiger partial charge in [0.05, 0.1) is 11.1 Å². The van der Waals surface area contributed by atoms with Gasteiger partial charge in [0, 0.05) is 31.3 Å². The summed E-state index contributed by atoms with van der Waals surface area (Å²) in [5.41, 5.74) is 1.08. The number of para-hydroxylation sites is 1. The highest BCUT2D eigenvalue weighted by molar-refractivity contribution is 5.39. The van der Waals surface area contributed by atoms with Crippen LogP contribution in [0.3, 0.4) is 0 Å². The molecule has 2 saturated heterocycles. The minimum absolute atomic E-state index is 0.248. The summed E-state index contributed by atoms with van der Waals surface area (Å²) in [5, 5.41) is 11.1. The van der Waals surface area contributed by atoms with Crippen LogP contribution in [-0.2, 0) is 6.54 Å². The molecule has 0 spiro atoms. The predicted molar refractivity (Wildman–Crippen MR) is 72.7 cm³/mol. The van der Waals surface area contributed by atoms with Gasteiger partial charge in [-0.05, 0) is 25.8 Å². The largest absolute Gasteiger partial charge is 0.288 e. The lowest BCUT2D eigenvalue weighted by Crippen LogP contribution is -2.49. The second-order valence-corrected chi connectivity index (χ2v) is 5.37. The standard InChI is InChI=1S/C14H19N3O2/c18-17(19)13-6-2-1-5-12(13)11-16-10-4-9-15-8-3-7-14(15)16/h1-2,5-6,14H,3-4,7-11H2. The van der Waals surface area contributed by atoms with E-state index in [-0.39, 0.29) is 10.6 Å². The molecular formula is C14H19N3O2. The number of benzene rings is 1. The van der Waals surface area contributed by atoms with Crippen molar-refractivity contribution < 1.29 is 4.92 Å². The minimum atomic E-state index is -0.272. The van der Waals surface area contributed by atoms with Crippen molar-refractivity contribution in [2.45, 2.75) is 32.0 Å². The van der Waals surface area contributed by atoms with E-state index >= 15 is 0 Å². The summed E-state index contributed by atoms with van der Waals surface area (Å²) in [6.45, 7) is 4.10. The fourth-order valence-electron chi connectivity index (χ4n) is 3.33. The van der Waals surface area contributed by atoms with Crippen molar-refractivity contribution in [3.8, 4) is 0 Å². The number of nitro benzene ring substituents is 1. The van der Waals surface area contributed by atoms with Crippen molar-refractivity contribution in [1.82, 2.24) is 9.80 Å². The van der Waals surface area contributed by atoms with E-state index in [1.807, 2.05) is 12.1 Å². The van der Waals surface area contributed by atoms with E-state index in [4.69, 9.17) is 0 Å². The monoisotopic (exact) mass is 261 g/mol. The molecule has 2 heterocycles. The lowest BCUT2D eigenvalue weighted by Gasteiger charge is -2.39. The van der Waals surface area contributed by atoms with E-state index in [0.29, 0.717) is 12.7 Å². The van der Waals surface area contributed by atoms with E-state index in [9.17, 15) is 10.1 Å². The summed E-state index contributed by atoms with van der Waals surface area (Å²) in [5.74, 6) is 0. The van der Waals surface area contributed by atoms with Crippen LogP contribution in [0.15, 0.2) is 24.3 Å². The Hall–Kier alpha value is -1.46. The Bertz CT molecular complexity index is 478. The highest BCUT2D eigenvalue weighted by Gasteiger charge is 2.33. The first kappa shape index (κ1) is 12.6. The van der Waals surface area contributed by atoms with E-state index in [2.05, 4.69) is 9.80 Å². The molecule has 0 saturated carbocycles. The van der Waals surface area contributed by atoms with E-state index in [1.165, 1.54) is 25.9 Å². The summed E-state index contributed by atoms with van der Waals surface area (Å²) in [4.78, 5) is 15.7. The van der Waals surface area contributed by atoms with Gasteiger partial charge in [0.2, 0.25) is 0 Å². The molecule has 0 N–H and O–H groups in total. The third-order valence-corrected chi connectivity index (χ3v) is 4.20. The lowest BCUT2D eigenvalue weighted by molar-refractivity contribution is -0.385. The van der Waals surface area contributed by atoms with Gasteiger partial charge < -0.3 is 0 Å². The molecule has 0 radical (unpaired) electrons. The van der Waals surface area contributed by atoms with Crippen LogP contribution in [0.1, 0.15) is 24.8 Å². The normalized spacial score (nSPS) is 24.3. The van der Waals surface area contributed by atoms with Crippen molar-refractivity contribution in [2.75, 3.05) is 19.6 Å². The topological polar surface area (TPSA) is 49.6 Å². The maximum absolute atomic E-state index is 11.1. The van der Waals surface area contributed by atoms with Crippen LogP contribution >= 0.6 is 0 Å². The number of nitrogens with zero attached hydrogens (tertiary/aromatic N) is 3. The van der Waals surface area contributed by atoms with Gasteiger partial charge in [-0.25, -0.2) is 0 Å². The Labute approximate surface area is 113 Å². The number of fused-ring (bicyclic) bond motifs is 1. The lowest BCUT2D eigenvalue weighted by atomic mass is 10.1. The second-order valence-electron chi connectivity index (χ2n) is 5.37. The Morgan fingerprint density at radius 2 is 2.00 bits per heavy atom. The summed E-state index contributed by atoms with van der Waals surface area (Å²) in [6, 6.07) is 7.11. The molecule has 3 rings (SSSR count). The molecule has 0 aliphatic carbocycles. The Balaban J connectivity index is 1.79. The smallest absolute Gasteiger partial charge is 0.273 e. The molecule has 1 aromatic carbocycles. The van der Waals surface area contributed by atoms with Gasteiger partial charge in [0.15, 0.2) is 0 Å². The van der Waals surface area contributed by atoms with Gasteiger partial charge in [-0.15, -0.1) is 0 Å². The highest BCUT2D eigenvalue weighted by atomic mass is 16.6. The fraction of sp³-hybridized carbons (Fsp3) is 0.571. The minimum Gasteiger partial charge on any atom is -0.288 e. The third-order valence-electron chi connectivity index (χ3n) is 4.20. The van der Waals surface area contributed by atoms with E-state index < -0.39 is 0 Å². The molecule has 0 amide bonds. The van der Waals surface area contributed by atoms with Crippen LogP contribution in [0, 0.1) is 10.1 Å². The van der Waals surface area contributed by atoms with Crippen LogP contribution in [0.25, 0.3) is 0 Å². The SMILES string of the molecule is O=[N+]([O-])c1ccccc1CN1CCCN2CCCC21. The molecule has 2 aliphatic rings. The van der Waals surface area contributed by atoms with Gasteiger partial charge in [0.1, 0.15) is 0 Å². The summed E-state index contributed by atoms with van der Waals surface area (Å²) < 4.78 is 0. The molecule has 2 aliphatic heterocycles. The summed E-state index contributed by atoms with van der Waals surface area (Å²) in [6.07, 6.45) is 4.10. The van der Waals surface area contributed by atoms with Crippen LogP contribution in [-0.4, -0.2) is 40.5 Å². The summed E-state index contributed by atoms with van der Waals surface area (Å²) in [7, 11) is 0. The average Bonchev–Trinajstić information content (AvgIpc) is 2.88. The van der Waals surface area contributed by atoms with Crippen LogP contribution in [0.5, 0.6) is 0 Å². The molecule has 19 heavy (non-hydrogen) atoms. The van der Waals surface area contributed by atoms with Crippen molar-refractivity contribution in [1.29, 1.82) is 0 Å². The molecule has 0 bridgehead atoms. The molecule has 1 aromatic rings. The van der Waals surface area contributed by atoms with Gasteiger partial charge in [-0.1, -0.05) is 18.2 Å². The molecule has 2 fully saturated rings.